The van der Waals surface area contributed by atoms with Crippen molar-refractivity contribution in [1.29, 1.82) is 0 Å². The number of hydrogen-bond donors (Lipinski definition) is 1. The van der Waals surface area contributed by atoms with Crippen LogP contribution < -0.4 is 5.32 Å². The summed E-state index contributed by atoms with van der Waals surface area (Å²) in [5.74, 6) is -0.268. The van der Waals surface area contributed by atoms with Gasteiger partial charge in [0, 0.05) is 31.8 Å². The van der Waals surface area contributed by atoms with Gasteiger partial charge >= 0.3 is 0 Å². The number of hydrogen-bond acceptors (Lipinski definition) is 5. The minimum Gasteiger partial charge on any atom is -0.326 e. The Morgan fingerprint density at radius 1 is 1.15 bits per heavy atom. The van der Waals surface area contributed by atoms with Gasteiger partial charge in [0.25, 0.3) is 0 Å². The lowest BCUT2D eigenvalue weighted by Crippen LogP contribution is -2.23. The third-order valence-electron chi connectivity index (χ3n) is 4.18. The van der Waals surface area contributed by atoms with Gasteiger partial charge in [-0.3, -0.25) is 14.3 Å². The molecule has 27 heavy (non-hydrogen) atoms. The molecule has 0 aliphatic heterocycles. The largest absolute Gasteiger partial charge is 0.326 e. The van der Waals surface area contributed by atoms with Crippen LogP contribution in [0.15, 0.2) is 29.2 Å². The number of carbonyl (C=O) groups excluding carboxylic acids is 2. The van der Waals surface area contributed by atoms with Gasteiger partial charge < -0.3 is 5.32 Å². The third kappa shape index (κ3) is 4.61. The molecule has 0 unspecified atom stereocenters. The molecule has 9 heteroatoms. The van der Waals surface area contributed by atoms with E-state index in [1.165, 1.54) is 25.7 Å². The molecule has 0 bridgehead atoms. The fourth-order valence-electron chi connectivity index (χ4n) is 2.67. The average molecular weight is 392 g/mol. The molecule has 0 saturated carbocycles. The smallest absolute Gasteiger partial charge is 0.246 e. The first-order valence-electron chi connectivity index (χ1n) is 8.41. The van der Waals surface area contributed by atoms with Gasteiger partial charge in [0.05, 0.1) is 17.9 Å². The van der Waals surface area contributed by atoms with Crippen molar-refractivity contribution < 1.29 is 18.0 Å². The molecular formula is C18H24N4O4S. The van der Waals surface area contributed by atoms with Crippen molar-refractivity contribution >= 4 is 27.4 Å². The molecule has 0 radical (unpaired) electrons. The summed E-state index contributed by atoms with van der Waals surface area (Å²) in [5.41, 5.74) is 2.07. The molecule has 8 nitrogen and oxygen atoms in total. The highest BCUT2D eigenvalue weighted by atomic mass is 32.2. The minimum absolute atomic E-state index is 0.0408. The zero-order valence-corrected chi connectivity index (χ0v) is 16.9. The second-order valence-electron chi connectivity index (χ2n) is 6.44. The Bertz CT molecular complexity index is 960. The minimum atomic E-state index is -3.59. The van der Waals surface area contributed by atoms with Gasteiger partial charge in [-0.25, -0.2) is 12.7 Å². The Balaban J connectivity index is 2.06. The van der Waals surface area contributed by atoms with E-state index in [0.717, 1.165) is 4.31 Å². The lowest BCUT2D eigenvalue weighted by Gasteiger charge is -2.12. The molecule has 1 heterocycles. The first-order chi connectivity index (χ1) is 12.5. The van der Waals surface area contributed by atoms with Crippen LogP contribution in [-0.4, -0.2) is 48.3 Å². The highest BCUT2D eigenvalue weighted by Crippen LogP contribution is 2.22. The molecule has 0 saturated heterocycles. The molecule has 0 atom stereocenters. The van der Waals surface area contributed by atoms with Gasteiger partial charge in [0.2, 0.25) is 15.9 Å². The van der Waals surface area contributed by atoms with E-state index in [9.17, 15) is 18.0 Å². The molecule has 1 N–H and O–H groups in total. The summed E-state index contributed by atoms with van der Waals surface area (Å²) >= 11 is 0. The summed E-state index contributed by atoms with van der Waals surface area (Å²) in [7, 11) is -0.656. The van der Waals surface area contributed by atoms with E-state index < -0.39 is 10.0 Å². The lowest BCUT2D eigenvalue weighted by atomic mass is 10.1. The maximum absolute atomic E-state index is 12.4. The summed E-state index contributed by atoms with van der Waals surface area (Å²) in [5, 5.41) is 7.01. The van der Waals surface area contributed by atoms with Gasteiger partial charge in [-0.2, -0.15) is 5.10 Å². The van der Waals surface area contributed by atoms with Gasteiger partial charge in [-0.1, -0.05) is 0 Å². The molecule has 1 aromatic carbocycles. The van der Waals surface area contributed by atoms with Gasteiger partial charge in [-0.15, -0.1) is 0 Å². The number of rotatable bonds is 7. The number of amides is 1. The van der Waals surface area contributed by atoms with E-state index in [0.29, 0.717) is 22.6 Å². The summed E-state index contributed by atoms with van der Waals surface area (Å²) in [6.07, 6.45) is 0.137. The standard InChI is InChI=1S/C18H24N4O4S/c1-12-18(27(25,26)21(4)5)13(2)22(20-12)11-10-17(24)19-16-8-6-15(7-9-16)14(3)23/h6-9H,10-11H2,1-5H3,(H,19,24). The number of nitrogens with zero attached hydrogens (tertiary/aromatic N) is 3. The summed E-state index contributed by atoms with van der Waals surface area (Å²) < 4.78 is 27.5. The number of Topliss-reactive ketones (excluding diaryl/α,β-unsaturated/α-hetero) is 1. The van der Waals surface area contributed by atoms with Crippen LogP contribution in [0.25, 0.3) is 0 Å². The van der Waals surface area contributed by atoms with Crippen LogP contribution in [0.5, 0.6) is 0 Å². The van der Waals surface area contributed by atoms with E-state index in [-0.39, 0.29) is 29.6 Å². The molecular weight excluding hydrogens is 368 g/mol. The van der Waals surface area contributed by atoms with E-state index in [1.54, 1.807) is 38.1 Å². The van der Waals surface area contributed by atoms with Gasteiger partial charge in [0.15, 0.2) is 5.78 Å². The highest BCUT2D eigenvalue weighted by Gasteiger charge is 2.26. The number of sulfonamides is 1. The van der Waals surface area contributed by atoms with Crippen LogP contribution in [0.1, 0.15) is 35.1 Å². The Morgan fingerprint density at radius 2 is 1.74 bits per heavy atom. The average Bonchev–Trinajstić information content (AvgIpc) is 2.87. The monoisotopic (exact) mass is 392 g/mol. The number of ketones is 1. The second kappa shape index (κ2) is 8.01. The number of aromatic nitrogens is 2. The molecule has 1 aromatic heterocycles. The van der Waals surface area contributed by atoms with Crippen molar-refractivity contribution in [3.63, 3.8) is 0 Å². The van der Waals surface area contributed by atoms with E-state index in [1.807, 2.05) is 0 Å². The van der Waals surface area contributed by atoms with E-state index >= 15 is 0 Å². The van der Waals surface area contributed by atoms with Crippen molar-refractivity contribution in [3.8, 4) is 0 Å². The van der Waals surface area contributed by atoms with Crippen molar-refractivity contribution in [1.82, 2.24) is 14.1 Å². The molecule has 0 aliphatic rings. The summed E-state index contributed by atoms with van der Waals surface area (Å²) in [6.45, 7) is 5.05. The Morgan fingerprint density at radius 3 is 2.26 bits per heavy atom. The highest BCUT2D eigenvalue weighted by molar-refractivity contribution is 7.89. The van der Waals surface area contributed by atoms with Crippen LogP contribution in [0.2, 0.25) is 0 Å². The Kier molecular flexibility index (Phi) is 6.17. The quantitative estimate of drug-likeness (QED) is 0.726. The zero-order valence-electron chi connectivity index (χ0n) is 16.1. The predicted octanol–water partition coefficient (Wildman–Crippen LogP) is 1.98. The first kappa shape index (κ1) is 20.8. The van der Waals surface area contributed by atoms with Crippen molar-refractivity contribution in [3.05, 3.63) is 41.2 Å². The number of aryl methyl sites for hydroxylation is 2. The molecule has 0 fully saturated rings. The fraction of sp³-hybridized carbons (Fsp3) is 0.389. The molecule has 146 valence electrons. The van der Waals surface area contributed by atoms with Gasteiger partial charge in [-0.05, 0) is 45.0 Å². The number of nitrogens with one attached hydrogen (secondary N) is 1. The Labute approximate surface area is 159 Å². The topological polar surface area (TPSA) is 101 Å². The number of carbonyl (C=O) groups is 2. The maximum Gasteiger partial charge on any atom is 0.246 e. The van der Waals surface area contributed by atoms with Crippen LogP contribution in [-0.2, 0) is 21.4 Å². The summed E-state index contributed by atoms with van der Waals surface area (Å²) in [6, 6.07) is 6.63. The second-order valence-corrected chi connectivity index (χ2v) is 8.53. The molecule has 2 rings (SSSR count). The first-order valence-corrected chi connectivity index (χ1v) is 9.85. The molecule has 0 spiro atoms. The zero-order chi connectivity index (χ0) is 20.4. The summed E-state index contributed by atoms with van der Waals surface area (Å²) in [4.78, 5) is 23.6. The van der Waals surface area contributed by atoms with Crippen molar-refractivity contribution in [2.45, 2.75) is 38.6 Å². The molecule has 1 amide bonds. The third-order valence-corrected chi connectivity index (χ3v) is 6.25. The van der Waals surface area contributed by atoms with Crippen LogP contribution >= 0.6 is 0 Å². The maximum atomic E-state index is 12.4. The number of benzene rings is 1. The molecule has 0 aliphatic carbocycles. The van der Waals surface area contributed by atoms with Crippen molar-refractivity contribution in [2.75, 3.05) is 19.4 Å². The molecule has 2 aromatic rings. The van der Waals surface area contributed by atoms with Gasteiger partial charge in [0.1, 0.15) is 4.90 Å². The van der Waals surface area contributed by atoms with E-state index in [2.05, 4.69) is 10.4 Å². The Hall–Kier alpha value is -2.52. The normalized spacial score (nSPS) is 11.6. The number of anilines is 1. The van der Waals surface area contributed by atoms with Crippen LogP contribution in [0.4, 0.5) is 5.69 Å². The van der Waals surface area contributed by atoms with Crippen molar-refractivity contribution in [2.24, 2.45) is 0 Å². The van der Waals surface area contributed by atoms with Crippen LogP contribution in [0.3, 0.4) is 0 Å². The predicted molar refractivity (Wildman–Crippen MR) is 102 cm³/mol. The SMILES string of the molecule is CC(=O)c1ccc(NC(=O)CCn2nc(C)c(S(=O)(=O)N(C)C)c2C)cc1. The van der Waals surface area contributed by atoms with E-state index in [4.69, 9.17) is 0 Å². The van der Waals surface area contributed by atoms with Crippen LogP contribution in [0, 0.1) is 13.8 Å². The fourth-order valence-corrected chi connectivity index (χ4v) is 3.93. The lowest BCUT2D eigenvalue weighted by molar-refractivity contribution is -0.116.